The number of benzene rings is 2. The fourth-order valence-corrected chi connectivity index (χ4v) is 5.37. The number of nitrogens with zero attached hydrogens (tertiary/aromatic N) is 3. The molecule has 2 aliphatic rings. The zero-order chi connectivity index (χ0) is 23.9. The SMILES string of the molecule is COc1cc2c(cc1OC)CC(=O)N(CC1CCCN(CCCN(C)c3ccccc3)C1)CC2. The number of amides is 1. The minimum Gasteiger partial charge on any atom is -0.493 e. The van der Waals surface area contributed by atoms with E-state index in [9.17, 15) is 4.79 Å². The predicted molar refractivity (Wildman–Crippen MR) is 137 cm³/mol. The van der Waals surface area contributed by atoms with E-state index in [-0.39, 0.29) is 5.91 Å². The molecule has 1 unspecified atom stereocenters. The van der Waals surface area contributed by atoms with Gasteiger partial charge in [-0.25, -0.2) is 0 Å². The zero-order valence-electron chi connectivity index (χ0n) is 21.0. The normalized spacial score (nSPS) is 18.9. The third kappa shape index (κ3) is 6.03. The summed E-state index contributed by atoms with van der Waals surface area (Å²) in [4.78, 5) is 20.1. The standard InChI is InChI=1S/C28H39N3O3/c1-29(25-10-5-4-6-11-25)13-8-15-30-14-7-9-22(20-30)21-31-16-12-23-17-26(33-2)27(34-3)18-24(23)19-28(31)32/h4-6,10-11,17-18,22H,7-9,12-16,19-21H2,1-3H3. The van der Waals surface area contributed by atoms with Crippen molar-refractivity contribution in [2.45, 2.75) is 32.1 Å². The lowest BCUT2D eigenvalue weighted by molar-refractivity contribution is -0.131. The van der Waals surface area contributed by atoms with Crippen LogP contribution in [0.5, 0.6) is 11.5 Å². The molecule has 34 heavy (non-hydrogen) atoms. The fourth-order valence-electron chi connectivity index (χ4n) is 5.37. The van der Waals surface area contributed by atoms with Crippen LogP contribution in [-0.4, -0.2) is 76.2 Å². The van der Waals surface area contributed by atoms with Crippen molar-refractivity contribution in [3.05, 3.63) is 53.6 Å². The monoisotopic (exact) mass is 465 g/mol. The Morgan fingerprint density at radius 2 is 1.76 bits per heavy atom. The summed E-state index contributed by atoms with van der Waals surface area (Å²) in [7, 11) is 5.47. The molecule has 6 heteroatoms. The maximum Gasteiger partial charge on any atom is 0.227 e. The number of fused-ring (bicyclic) bond motifs is 1. The lowest BCUT2D eigenvalue weighted by atomic mass is 9.97. The maximum atomic E-state index is 13.1. The van der Waals surface area contributed by atoms with Crippen molar-refractivity contribution >= 4 is 11.6 Å². The Morgan fingerprint density at radius 3 is 2.50 bits per heavy atom. The highest BCUT2D eigenvalue weighted by molar-refractivity contribution is 5.80. The van der Waals surface area contributed by atoms with Crippen LogP contribution in [0.25, 0.3) is 0 Å². The average Bonchev–Trinajstić information content (AvgIpc) is 3.01. The first-order valence-corrected chi connectivity index (χ1v) is 12.6. The molecule has 2 aliphatic heterocycles. The van der Waals surface area contributed by atoms with Gasteiger partial charge >= 0.3 is 0 Å². The molecule has 2 heterocycles. The van der Waals surface area contributed by atoms with Gasteiger partial charge in [0.15, 0.2) is 11.5 Å². The summed E-state index contributed by atoms with van der Waals surface area (Å²) in [6.07, 6.45) is 4.88. The number of ether oxygens (including phenoxy) is 2. The summed E-state index contributed by atoms with van der Waals surface area (Å²) in [6.45, 7) is 6.08. The molecule has 0 saturated carbocycles. The zero-order valence-corrected chi connectivity index (χ0v) is 21.0. The van der Waals surface area contributed by atoms with Crippen molar-refractivity contribution in [2.75, 3.05) is 65.4 Å². The fraction of sp³-hybridized carbons (Fsp3) is 0.536. The van der Waals surface area contributed by atoms with Gasteiger partial charge in [0.2, 0.25) is 5.91 Å². The minimum atomic E-state index is 0.229. The Bertz CT molecular complexity index is 949. The Labute approximate surface area is 204 Å². The molecule has 1 saturated heterocycles. The molecule has 0 bridgehead atoms. The lowest BCUT2D eigenvalue weighted by Gasteiger charge is -2.35. The van der Waals surface area contributed by atoms with E-state index in [1.807, 2.05) is 12.1 Å². The molecule has 1 atom stereocenters. The summed E-state index contributed by atoms with van der Waals surface area (Å²) in [6, 6.07) is 14.6. The molecule has 1 amide bonds. The van der Waals surface area contributed by atoms with E-state index in [1.54, 1.807) is 14.2 Å². The molecule has 184 valence electrons. The number of likely N-dealkylation sites (tertiary alicyclic amines) is 1. The molecule has 2 aromatic rings. The Morgan fingerprint density at radius 1 is 1.03 bits per heavy atom. The van der Waals surface area contributed by atoms with Crippen LogP contribution in [0.3, 0.4) is 0 Å². The Hall–Kier alpha value is -2.73. The van der Waals surface area contributed by atoms with Gasteiger partial charge < -0.3 is 24.2 Å². The highest BCUT2D eigenvalue weighted by Gasteiger charge is 2.27. The van der Waals surface area contributed by atoms with Gasteiger partial charge in [0.1, 0.15) is 0 Å². The number of hydrogen-bond donors (Lipinski definition) is 0. The summed E-state index contributed by atoms with van der Waals surface area (Å²) in [5.74, 6) is 2.22. The highest BCUT2D eigenvalue weighted by Crippen LogP contribution is 2.32. The molecule has 0 aromatic heterocycles. The number of rotatable bonds is 9. The van der Waals surface area contributed by atoms with Gasteiger partial charge in [-0.2, -0.15) is 0 Å². The number of carbonyl (C=O) groups is 1. The minimum absolute atomic E-state index is 0.229. The summed E-state index contributed by atoms with van der Waals surface area (Å²) < 4.78 is 10.9. The van der Waals surface area contributed by atoms with Crippen molar-refractivity contribution < 1.29 is 14.3 Å². The van der Waals surface area contributed by atoms with Crippen molar-refractivity contribution in [3.63, 3.8) is 0 Å². The molecular weight excluding hydrogens is 426 g/mol. The van der Waals surface area contributed by atoms with Gasteiger partial charge in [-0.15, -0.1) is 0 Å². The highest BCUT2D eigenvalue weighted by atomic mass is 16.5. The van der Waals surface area contributed by atoms with E-state index in [0.717, 1.165) is 56.9 Å². The van der Waals surface area contributed by atoms with Crippen LogP contribution in [0.2, 0.25) is 0 Å². The Balaban J connectivity index is 1.28. The Kier molecular flexibility index (Phi) is 8.33. The van der Waals surface area contributed by atoms with Crippen LogP contribution in [0, 0.1) is 5.92 Å². The number of methoxy groups -OCH3 is 2. The molecule has 6 nitrogen and oxygen atoms in total. The second kappa shape index (κ2) is 11.6. The topological polar surface area (TPSA) is 45.3 Å². The second-order valence-corrected chi connectivity index (χ2v) is 9.66. The van der Waals surface area contributed by atoms with Crippen LogP contribution in [-0.2, 0) is 17.6 Å². The van der Waals surface area contributed by atoms with Gasteiger partial charge in [-0.05, 0) is 80.1 Å². The first-order valence-electron chi connectivity index (χ1n) is 12.6. The van der Waals surface area contributed by atoms with Gasteiger partial charge in [0.05, 0.1) is 20.6 Å². The van der Waals surface area contributed by atoms with Crippen LogP contribution in [0.15, 0.2) is 42.5 Å². The van der Waals surface area contributed by atoms with Crippen LogP contribution < -0.4 is 14.4 Å². The van der Waals surface area contributed by atoms with E-state index in [0.29, 0.717) is 18.1 Å². The van der Waals surface area contributed by atoms with Crippen molar-refractivity contribution in [2.24, 2.45) is 5.92 Å². The first kappa shape index (κ1) is 24.4. The van der Waals surface area contributed by atoms with E-state index < -0.39 is 0 Å². The largest absolute Gasteiger partial charge is 0.493 e. The van der Waals surface area contributed by atoms with Gasteiger partial charge in [0.25, 0.3) is 0 Å². The number of para-hydroxylation sites is 1. The quantitative estimate of drug-likeness (QED) is 0.563. The van der Waals surface area contributed by atoms with Crippen molar-refractivity contribution in [3.8, 4) is 11.5 Å². The smallest absolute Gasteiger partial charge is 0.227 e. The molecule has 0 N–H and O–H groups in total. The first-order chi connectivity index (χ1) is 16.6. The van der Waals surface area contributed by atoms with Crippen LogP contribution >= 0.6 is 0 Å². The average molecular weight is 466 g/mol. The molecule has 4 rings (SSSR count). The molecule has 1 fully saturated rings. The number of carbonyl (C=O) groups excluding carboxylic acids is 1. The van der Waals surface area contributed by atoms with E-state index in [2.05, 4.69) is 52.1 Å². The van der Waals surface area contributed by atoms with E-state index >= 15 is 0 Å². The number of anilines is 1. The molecule has 2 aromatic carbocycles. The number of hydrogen-bond acceptors (Lipinski definition) is 5. The van der Waals surface area contributed by atoms with E-state index in [4.69, 9.17) is 9.47 Å². The number of piperidine rings is 1. The molecule has 0 radical (unpaired) electrons. The maximum absolute atomic E-state index is 13.1. The van der Waals surface area contributed by atoms with Gasteiger partial charge in [0, 0.05) is 38.9 Å². The summed E-state index contributed by atoms with van der Waals surface area (Å²) in [5, 5.41) is 0. The van der Waals surface area contributed by atoms with Crippen molar-refractivity contribution in [1.29, 1.82) is 0 Å². The summed E-state index contributed by atoms with van der Waals surface area (Å²) >= 11 is 0. The molecule has 0 spiro atoms. The van der Waals surface area contributed by atoms with Crippen LogP contribution in [0.1, 0.15) is 30.4 Å². The molecular formula is C28H39N3O3. The van der Waals surface area contributed by atoms with Gasteiger partial charge in [-0.3, -0.25) is 4.79 Å². The molecule has 0 aliphatic carbocycles. The second-order valence-electron chi connectivity index (χ2n) is 9.66. The summed E-state index contributed by atoms with van der Waals surface area (Å²) in [5.41, 5.74) is 3.54. The van der Waals surface area contributed by atoms with Gasteiger partial charge in [-0.1, -0.05) is 18.2 Å². The third-order valence-electron chi connectivity index (χ3n) is 7.30. The van der Waals surface area contributed by atoms with E-state index in [1.165, 1.54) is 30.6 Å². The van der Waals surface area contributed by atoms with Crippen LogP contribution in [0.4, 0.5) is 5.69 Å². The van der Waals surface area contributed by atoms with Crippen molar-refractivity contribution in [1.82, 2.24) is 9.80 Å². The predicted octanol–water partition coefficient (Wildman–Crippen LogP) is 3.87. The lowest BCUT2D eigenvalue weighted by Crippen LogP contribution is -2.44. The third-order valence-corrected chi connectivity index (χ3v) is 7.30.